The molecular weight excluding hydrogens is 328 g/mol. The first-order chi connectivity index (χ1) is 9.54. The van der Waals surface area contributed by atoms with E-state index in [2.05, 4.69) is 31.6 Å². The molecule has 0 radical (unpaired) electrons. The first-order valence-corrected chi connectivity index (χ1v) is 6.49. The van der Waals surface area contributed by atoms with Crippen molar-refractivity contribution in [3.8, 4) is 0 Å². The summed E-state index contributed by atoms with van der Waals surface area (Å²) in [7, 11) is 0. The third kappa shape index (κ3) is 3.89. The van der Waals surface area contributed by atoms with Gasteiger partial charge < -0.3 is 10.4 Å². The number of carbonyl (C=O) groups is 2. The lowest BCUT2D eigenvalue weighted by molar-refractivity contribution is -0.136. The van der Waals surface area contributed by atoms with Crippen LogP contribution in [0, 0.1) is 0 Å². The van der Waals surface area contributed by atoms with Crippen molar-refractivity contribution in [3.63, 3.8) is 0 Å². The number of carboxylic acid groups (broad SMARTS) is 1. The molecular formula is C12H11BrN4O3. The summed E-state index contributed by atoms with van der Waals surface area (Å²) in [6.45, 7) is -0.0338. The molecule has 0 bridgehead atoms. The number of amides is 1. The van der Waals surface area contributed by atoms with E-state index in [4.69, 9.17) is 5.11 Å². The van der Waals surface area contributed by atoms with Crippen LogP contribution in [0.5, 0.6) is 0 Å². The largest absolute Gasteiger partial charge is 0.481 e. The molecule has 2 rings (SSSR count). The molecule has 104 valence electrons. The van der Waals surface area contributed by atoms with Crippen molar-refractivity contribution < 1.29 is 14.7 Å². The molecule has 0 aliphatic carbocycles. The Labute approximate surface area is 122 Å². The number of hydrogen-bond acceptors (Lipinski definition) is 4. The number of benzene rings is 1. The van der Waals surface area contributed by atoms with E-state index >= 15 is 0 Å². The Morgan fingerprint density at radius 3 is 2.80 bits per heavy atom. The molecule has 0 saturated heterocycles. The monoisotopic (exact) mass is 338 g/mol. The second-order valence-corrected chi connectivity index (χ2v) is 4.86. The summed E-state index contributed by atoms with van der Waals surface area (Å²) in [4.78, 5) is 22.3. The zero-order valence-electron chi connectivity index (χ0n) is 10.3. The molecule has 1 aromatic carbocycles. The molecule has 8 heteroatoms. The van der Waals surface area contributed by atoms with Gasteiger partial charge in [-0.15, -0.1) is 5.10 Å². The summed E-state index contributed by atoms with van der Waals surface area (Å²) >= 11 is 3.33. The van der Waals surface area contributed by atoms with E-state index in [-0.39, 0.29) is 18.9 Å². The summed E-state index contributed by atoms with van der Waals surface area (Å²) in [6, 6.07) is 7.23. The molecule has 0 aliphatic heterocycles. The zero-order chi connectivity index (χ0) is 14.5. The van der Waals surface area contributed by atoms with Crippen LogP contribution in [0.25, 0.3) is 0 Å². The number of nitrogens with one attached hydrogen (secondary N) is 1. The van der Waals surface area contributed by atoms with Crippen molar-refractivity contribution in [1.29, 1.82) is 0 Å². The average molecular weight is 339 g/mol. The Bertz CT molecular complexity index is 641. The van der Waals surface area contributed by atoms with Crippen LogP contribution in [0.15, 0.2) is 34.9 Å². The van der Waals surface area contributed by atoms with Crippen molar-refractivity contribution >= 4 is 33.5 Å². The van der Waals surface area contributed by atoms with Crippen molar-refractivity contribution in [3.05, 3.63) is 40.6 Å². The van der Waals surface area contributed by atoms with Gasteiger partial charge in [-0.25, -0.2) is 4.68 Å². The second kappa shape index (κ2) is 6.29. The van der Waals surface area contributed by atoms with Gasteiger partial charge in [-0.05, 0) is 28.1 Å². The Morgan fingerprint density at radius 2 is 2.10 bits per heavy atom. The normalized spacial score (nSPS) is 10.2. The Morgan fingerprint density at radius 1 is 1.35 bits per heavy atom. The van der Waals surface area contributed by atoms with Crippen LogP contribution in [-0.2, 0) is 22.6 Å². The van der Waals surface area contributed by atoms with Crippen LogP contribution in [0.3, 0.4) is 0 Å². The third-order valence-corrected chi connectivity index (χ3v) is 3.06. The molecule has 2 N–H and O–H groups in total. The highest BCUT2D eigenvalue weighted by molar-refractivity contribution is 9.10. The molecule has 0 atom stereocenters. The van der Waals surface area contributed by atoms with Gasteiger partial charge in [-0.1, -0.05) is 17.3 Å². The van der Waals surface area contributed by atoms with Crippen molar-refractivity contribution in [2.45, 2.75) is 13.0 Å². The van der Waals surface area contributed by atoms with Crippen LogP contribution in [-0.4, -0.2) is 32.0 Å². The minimum Gasteiger partial charge on any atom is -0.481 e. The maximum absolute atomic E-state index is 11.8. The first-order valence-electron chi connectivity index (χ1n) is 5.70. The maximum Gasteiger partial charge on any atom is 0.309 e. The number of aromatic nitrogens is 3. The third-order valence-electron chi connectivity index (χ3n) is 2.37. The number of para-hydroxylation sites is 1. The number of carbonyl (C=O) groups excluding carboxylic acids is 1. The fourth-order valence-corrected chi connectivity index (χ4v) is 1.94. The summed E-state index contributed by atoms with van der Waals surface area (Å²) in [6.07, 6.45) is 1.22. The van der Waals surface area contributed by atoms with Gasteiger partial charge in [-0.2, -0.15) is 0 Å². The summed E-state index contributed by atoms with van der Waals surface area (Å²) in [5.74, 6) is -1.27. The number of halogens is 1. The van der Waals surface area contributed by atoms with E-state index in [1.165, 1.54) is 10.9 Å². The average Bonchev–Trinajstić information content (AvgIpc) is 2.78. The second-order valence-electron chi connectivity index (χ2n) is 4.01. The predicted octanol–water partition coefficient (Wildman–Crippen LogP) is 1.31. The number of carboxylic acids is 1. The standard InChI is InChI=1S/C12H11BrN4O3/c13-9-3-1-2-4-10(9)14-11(18)7-17-6-8(15-16-17)5-12(19)20/h1-4,6H,5,7H2,(H,14,18)(H,19,20). The van der Waals surface area contributed by atoms with Gasteiger partial charge in [0.15, 0.2) is 0 Å². The summed E-state index contributed by atoms with van der Waals surface area (Å²) in [5, 5.41) is 18.7. The van der Waals surface area contributed by atoms with Gasteiger partial charge in [0.25, 0.3) is 0 Å². The smallest absolute Gasteiger partial charge is 0.309 e. The Kier molecular flexibility index (Phi) is 4.46. The summed E-state index contributed by atoms with van der Waals surface area (Å²) in [5.41, 5.74) is 0.967. The van der Waals surface area contributed by atoms with E-state index in [9.17, 15) is 9.59 Å². The highest BCUT2D eigenvalue weighted by atomic mass is 79.9. The molecule has 1 amide bonds. The minimum atomic E-state index is -0.991. The number of anilines is 1. The molecule has 0 saturated carbocycles. The van der Waals surface area contributed by atoms with Crippen molar-refractivity contribution in [1.82, 2.24) is 15.0 Å². The van der Waals surface area contributed by atoms with E-state index in [0.717, 1.165) is 4.47 Å². The Hall–Kier alpha value is -2.22. The van der Waals surface area contributed by atoms with Gasteiger partial charge >= 0.3 is 5.97 Å². The van der Waals surface area contributed by atoms with Gasteiger partial charge in [0.1, 0.15) is 6.54 Å². The van der Waals surface area contributed by atoms with E-state index in [0.29, 0.717) is 11.4 Å². The summed E-state index contributed by atoms with van der Waals surface area (Å²) < 4.78 is 2.07. The first kappa shape index (κ1) is 14.2. The fourth-order valence-electron chi connectivity index (χ4n) is 1.55. The van der Waals surface area contributed by atoms with E-state index < -0.39 is 5.97 Å². The molecule has 0 unspecified atom stereocenters. The quantitative estimate of drug-likeness (QED) is 0.856. The fraction of sp³-hybridized carbons (Fsp3) is 0.167. The molecule has 0 fully saturated rings. The highest BCUT2D eigenvalue weighted by Gasteiger charge is 2.09. The minimum absolute atomic E-state index is 0.0338. The van der Waals surface area contributed by atoms with Gasteiger partial charge in [0.05, 0.1) is 17.8 Å². The Balaban J connectivity index is 1.96. The number of hydrogen-bond donors (Lipinski definition) is 2. The predicted molar refractivity (Wildman–Crippen MR) is 74.1 cm³/mol. The lowest BCUT2D eigenvalue weighted by Gasteiger charge is -2.06. The molecule has 2 aromatic rings. The van der Waals surface area contributed by atoms with Crippen LogP contribution in [0.2, 0.25) is 0 Å². The van der Waals surface area contributed by atoms with Crippen LogP contribution in [0.4, 0.5) is 5.69 Å². The molecule has 20 heavy (non-hydrogen) atoms. The SMILES string of the molecule is O=C(O)Cc1cn(CC(=O)Nc2ccccc2Br)nn1. The lowest BCUT2D eigenvalue weighted by atomic mass is 10.3. The van der Waals surface area contributed by atoms with E-state index in [1.54, 1.807) is 12.1 Å². The lowest BCUT2D eigenvalue weighted by Crippen LogP contribution is -2.19. The van der Waals surface area contributed by atoms with Gasteiger partial charge in [0.2, 0.25) is 5.91 Å². The van der Waals surface area contributed by atoms with Gasteiger partial charge in [0, 0.05) is 10.7 Å². The number of aliphatic carboxylic acids is 1. The van der Waals surface area contributed by atoms with Gasteiger partial charge in [-0.3, -0.25) is 9.59 Å². The topological polar surface area (TPSA) is 97.1 Å². The zero-order valence-corrected chi connectivity index (χ0v) is 11.9. The van der Waals surface area contributed by atoms with Crippen molar-refractivity contribution in [2.75, 3.05) is 5.32 Å². The van der Waals surface area contributed by atoms with Crippen LogP contribution >= 0.6 is 15.9 Å². The van der Waals surface area contributed by atoms with Crippen LogP contribution in [0.1, 0.15) is 5.69 Å². The molecule has 7 nitrogen and oxygen atoms in total. The molecule has 0 aliphatic rings. The molecule has 1 aromatic heterocycles. The van der Waals surface area contributed by atoms with E-state index in [1.807, 2.05) is 12.1 Å². The maximum atomic E-state index is 11.8. The van der Waals surface area contributed by atoms with Crippen LogP contribution < -0.4 is 5.32 Å². The molecule has 1 heterocycles. The molecule has 0 spiro atoms. The number of nitrogens with zero attached hydrogens (tertiary/aromatic N) is 3. The number of rotatable bonds is 5. The van der Waals surface area contributed by atoms with Crippen molar-refractivity contribution in [2.24, 2.45) is 0 Å². The highest BCUT2D eigenvalue weighted by Crippen LogP contribution is 2.20.